The molecular weight excluding hydrogens is 664 g/mol. The summed E-state index contributed by atoms with van der Waals surface area (Å²) in [6.45, 7) is 3.93. The maximum absolute atomic E-state index is 12.4. The van der Waals surface area contributed by atoms with E-state index in [9.17, 15) is 24.3 Å². The van der Waals surface area contributed by atoms with Gasteiger partial charge in [-0.05, 0) is 11.1 Å². The van der Waals surface area contributed by atoms with Gasteiger partial charge in [-0.2, -0.15) is 0 Å². The van der Waals surface area contributed by atoms with Gasteiger partial charge in [0.2, 0.25) is 0 Å². The zero-order chi connectivity index (χ0) is 35.5. The SMILES string of the molecule is CC(=O)OC[C@H]1O[C@@H](O[C@@H]2[C@@H](OCc3ccccc3)[C@H](OCc3ccccc3)[C@@H](CO)O[C@@H]2S)[C@H](OC(C)=O)[C@@H](OC(C)=O)[C@@H]1OC(C)=O. The molecule has 0 saturated carbocycles. The standard InChI is InChI=1S/C34H42O14S/c1-19(36)40-18-26-28(43-20(2)37)30(44-21(3)38)31(45-22(4)39)33(46-26)48-32-29(42-17-24-13-9-6-10-14-24)27(25(15-35)47-34(32)49)41-16-23-11-7-5-8-12-23/h5-14,25-35,49H,15-18H2,1-4H3/t25-,26-,27-,28-,29+,30+,31-,32-,33+,34-/m1/s1. The molecule has 0 amide bonds. The molecule has 0 unspecified atom stereocenters. The van der Waals surface area contributed by atoms with Gasteiger partial charge in [0.1, 0.15) is 42.6 Å². The Bertz CT molecular complexity index is 1380. The lowest BCUT2D eigenvalue weighted by atomic mass is 9.96. The summed E-state index contributed by atoms with van der Waals surface area (Å²) in [5, 5.41) is 10.3. The number of aliphatic hydroxyl groups excluding tert-OH is 1. The Hall–Kier alpha value is -3.57. The summed E-state index contributed by atoms with van der Waals surface area (Å²) in [6.07, 6.45) is -11.0. The van der Waals surface area contributed by atoms with Gasteiger partial charge in [0.15, 0.2) is 24.6 Å². The van der Waals surface area contributed by atoms with Crippen LogP contribution in [-0.4, -0.2) is 103 Å². The van der Waals surface area contributed by atoms with Crippen LogP contribution in [-0.2, 0) is 75.0 Å². The first-order valence-electron chi connectivity index (χ1n) is 15.7. The van der Waals surface area contributed by atoms with E-state index >= 15 is 0 Å². The number of ether oxygens (including phenoxy) is 9. The Morgan fingerprint density at radius 3 is 1.65 bits per heavy atom. The number of hydrogen-bond donors (Lipinski definition) is 2. The highest BCUT2D eigenvalue weighted by molar-refractivity contribution is 7.80. The molecule has 0 spiro atoms. The van der Waals surface area contributed by atoms with Gasteiger partial charge in [0.05, 0.1) is 19.8 Å². The van der Waals surface area contributed by atoms with Crippen molar-refractivity contribution in [1.29, 1.82) is 0 Å². The van der Waals surface area contributed by atoms with Gasteiger partial charge >= 0.3 is 23.9 Å². The van der Waals surface area contributed by atoms with Gasteiger partial charge in [0, 0.05) is 27.7 Å². The van der Waals surface area contributed by atoms with E-state index < -0.39 is 97.6 Å². The quantitative estimate of drug-likeness (QED) is 0.167. The fourth-order valence-electron chi connectivity index (χ4n) is 5.56. The third-order valence-corrected chi connectivity index (χ3v) is 8.01. The van der Waals surface area contributed by atoms with Crippen molar-refractivity contribution in [1.82, 2.24) is 0 Å². The van der Waals surface area contributed by atoms with Crippen LogP contribution in [0, 0.1) is 0 Å². The summed E-state index contributed by atoms with van der Waals surface area (Å²) in [7, 11) is 0. The average Bonchev–Trinajstić information content (AvgIpc) is 3.06. The van der Waals surface area contributed by atoms with Crippen LogP contribution in [0.3, 0.4) is 0 Å². The number of esters is 4. The van der Waals surface area contributed by atoms with Crippen LogP contribution in [0.1, 0.15) is 38.8 Å². The summed E-state index contributed by atoms with van der Waals surface area (Å²) < 4.78 is 53.2. The molecule has 0 bridgehead atoms. The van der Waals surface area contributed by atoms with E-state index in [-0.39, 0.29) is 13.2 Å². The summed E-state index contributed by atoms with van der Waals surface area (Å²) >= 11 is 4.64. The van der Waals surface area contributed by atoms with Gasteiger partial charge in [0.25, 0.3) is 0 Å². The minimum Gasteiger partial charge on any atom is -0.463 e. The first-order chi connectivity index (χ1) is 23.5. The van der Waals surface area contributed by atoms with Crippen LogP contribution in [0.25, 0.3) is 0 Å². The van der Waals surface area contributed by atoms with E-state index in [0.29, 0.717) is 0 Å². The van der Waals surface area contributed by atoms with Crippen molar-refractivity contribution in [3.05, 3.63) is 71.8 Å². The predicted molar refractivity (Wildman–Crippen MR) is 172 cm³/mol. The lowest BCUT2D eigenvalue weighted by Crippen LogP contribution is -2.66. The van der Waals surface area contributed by atoms with Crippen LogP contribution in [0.15, 0.2) is 60.7 Å². The fraction of sp³-hybridized carbons (Fsp3) is 0.529. The molecular formula is C34H42O14S. The fourth-order valence-corrected chi connectivity index (χ4v) is 5.96. The Balaban J connectivity index is 1.72. The molecule has 2 aromatic carbocycles. The third kappa shape index (κ3) is 11.0. The van der Waals surface area contributed by atoms with E-state index in [0.717, 1.165) is 31.9 Å². The molecule has 2 saturated heterocycles. The zero-order valence-corrected chi connectivity index (χ0v) is 28.5. The van der Waals surface area contributed by atoms with Gasteiger partial charge < -0.3 is 47.7 Å². The number of carbonyl (C=O) groups is 4. The van der Waals surface area contributed by atoms with Gasteiger partial charge in [-0.3, -0.25) is 19.2 Å². The minimum atomic E-state index is -1.54. The number of rotatable bonds is 14. The number of carbonyl (C=O) groups excluding carboxylic acids is 4. The lowest BCUT2D eigenvalue weighted by Gasteiger charge is -2.48. The Morgan fingerprint density at radius 2 is 1.14 bits per heavy atom. The van der Waals surface area contributed by atoms with Crippen LogP contribution in [0.4, 0.5) is 0 Å². The summed E-state index contributed by atoms with van der Waals surface area (Å²) in [6, 6.07) is 18.7. The molecule has 2 aromatic rings. The monoisotopic (exact) mass is 706 g/mol. The predicted octanol–water partition coefficient (Wildman–Crippen LogP) is 2.27. The second kappa shape index (κ2) is 18.4. The van der Waals surface area contributed by atoms with Crippen molar-refractivity contribution in [3.63, 3.8) is 0 Å². The molecule has 10 atom stereocenters. The molecule has 15 heteroatoms. The number of hydrogen-bond acceptors (Lipinski definition) is 15. The van der Waals surface area contributed by atoms with Crippen LogP contribution in [0.2, 0.25) is 0 Å². The Kier molecular flexibility index (Phi) is 14.4. The van der Waals surface area contributed by atoms with Crippen molar-refractivity contribution in [3.8, 4) is 0 Å². The lowest BCUT2D eigenvalue weighted by molar-refractivity contribution is -0.342. The van der Waals surface area contributed by atoms with Crippen molar-refractivity contribution < 1.29 is 66.9 Å². The third-order valence-electron chi connectivity index (χ3n) is 7.60. The molecule has 2 aliphatic heterocycles. The normalized spacial score (nSPS) is 29.8. The first kappa shape index (κ1) is 38.2. The molecule has 0 radical (unpaired) electrons. The summed E-state index contributed by atoms with van der Waals surface area (Å²) in [4.78, 5) is 48.6. The molecule has 4 rings (SSSR count). The van der Waals surface area contributed by atoms with Crippen molar-refractivity contribution in [2.24, 2.45) is 0 Å². The van der Waals surface area contributed by atoms with Gasteiger partial charge in [-0.1, -0.05) is 60.7 Å². The van der Waals surface area contributed by atoms with Gasteiger partial charge in [-0.25, -0.2) is 0 Å². The van der Waals surface area contributed by atoms with Crippen molar-refractivity contribution in [2.45, 2.75) is 101 Å². The van der Waals surface area contributed by atoms with E-state index in [1.54, 1.807) is 0 Å². The molecule has 49 heavy (non-hydrogen) atoms. The topological polar surface area (TPSA) is 172 Å². The molecule has 2 aliphatic rings. The molecule has 268 valence electrons. The highest BCUT2D eigenvalue weighted by atomic mass is 32.1. The second-order valence-corrected chi connectivity index (χ2v) is 11.9. The van der Waals surface area contributed by atoms with Gasteiger partial charge in [-0.15, -0.1) is 12.6 Å². The zero-order valence-electron chi connectivity index (χ0n) is 27.6. The maximum Gasteiger partial charge on any atom is 0.303 e. The molecule has 1 N–H and O–H groups in total. The summed E-state index contributed by atoms with van der Waals surface area (Å²) in [5.74, 6) is -3.00. The van der Waals surface area contributed by atoms with E-state index in [2.05, 4.69) is 12.6 Å². The van der Waals surface area contributed by atoms with Crippen LogP contribution in [0.5, 0.6) is 0 Å². The number of thiol groups is 1. The molecule has 0 aromatic heterocycles. The molecule has 0 aliphatic carbocycles. The van der Waals surface area contributed by atoms with E-state index in [1.165, 1.54) is 6.92 Å². The van der Waals surface area contributed by atoms with Crippen molar-refractivity contribution >= 4 is 36.5 Å². The Morgan fingerprint density at radius 1 is 0.633 bits per heavy atom. The number of aliphatic hydroxyl groups is 1. The minimum absolute atomic E-state index is 0.105. The van der Waals surface area contributed by atoms with Crippen molar-refractivity contribution in [2.75, 3.05) is 13.2 Å². The second-order valence-electron chi connectivity index (χ2n) is 11.4. The van der Waals surface area contributed by atoms with Crippen LogP contribution >= 0.6 is 12.6 Å². The van der Waals surface area contributed by atoms with E-state index in [1.807, 2.05) is 60.7 Å². The molecule has 2 fully saturated rings. The maximum atomic E-state index is 12.4. The average molecular weight is 707 g/mol. The highest BCUT2D eigenvalue weighted by Crippen LogP contribution is 2.36. The highest BCUT2D eigenvalue weighted by Gasteiger charge is 2.56. The molecule has 14 nitrogen and oxygen atoms in total. The Labute approximate surface area is 289 Å². The van der Waals surface area contributed by atoms with E-state index in [4.69, 9.17) is 42.6 Å². The molecule has 2 heterocycles. The first-order valence-corrected chi connectivity index (χ1v) is 16.2. The van der Waals surface area contributed by atoms with Crippen LogP contribution < -0.4 is 0 Å². The summed E-state index contributed by atoms with van der Waals surface area (Å²) in [5.41, 5.74) is 0.630. The smallest absolute Gasteiger partial charge is 0.303 e. The number of benzene rings is 2. The largest absolute Gasteiger partial charge is 0.463 e.